The molecular weight excluding hydrogens is 444 g/mol. The third-order valence-corrected chi connectivity index (χ3v) is 7.66. The van der Waals surface area contributed by atoms with Crippen molar-refractivity contribution < 1.29 is 19.4 Å². The van der Waals surface area contributed by atoms with Gasteiger partial charge in [0.15, 0.2) is 10.0 Å². The molecule has 2 aromatic rings. The van der Waals surface area contributed by atoms with Crippen molar-refractivity contribution in [3.05, 3.63) is 40.9 Å². The number of carbonyl (C=O) groups is 2. The van der Waals surface area contributed by atoms with E-state index in [-0.39, 0.29) is 17.9 Å². The van der Waals surface area contributed by atoms with E-state index < -0.39 is 6.10 Å². The molecular formula is C24H32N2O4S2. The molecule has 1 amide bonds. The highest BCUT2D eigenvalue weighted by atomic mass is 32.2. The number of thioether (sulfide) groups is 1. The van der Waals surface area contributed by atoms with Crippen LogP contribution in [0, 0.1) is 0 Å². The number of unbranched alkanes of at least 4 members (excludes halogenated alkanes) is 2. The van der Waals surface area contributed by atoms with Gasteiger partial charge in [-0.3, -0.25) is 4.79 Å². The van der Waals surface area contributed by atoms with Crippen LogP contribution in [-0.2, 0) is 9.53 Å². The average Bonchev–Trinajstić information content (AvgIpc) is 3.41. The third kappa shape index (κ3) is 6.56. The van der Waals surface area contributed by atoms with Crippen LogP contribution in [-0.4, -0.2) is 40.4 Å². The quantitative estimate of drug-likeness (QED) is 0.244. The van der Waals surface area contributed by atoms with Crippen molar-refractivity contribution in [3.8, 4) is 0 Å². The summed E-state index contributed by atoms with van der Waals surface area (Å²) in [6.07, 6.45) is 5.85. The standard InChI is InChI=1S/C24H32N2O4S2/c1-3-5-6-7-21(27)17-8-10-18(11-9-17)26-19(12-13-22(26)28)14-15-31-24-25-20(16-32-24)23(29)30-4-2/h8-11,16,19,21,27H,3-7,12-15H2,1-2H3/t19-,21?/m1/s1. The van der Waals surface area contributed by atoms with Crippen molar-refractivity contribution >= 4 is 40.7 Å². The SMILES string of the molecule is CCCCCC(O)c1ccc(N2C(=O)CC[C@@H]2CCSc2nc(C(=O)OCC)cs2)cc1. The molecule has 1 aromatic carbocycles. The highest BCUT2D eigenvalue weighted by Gasteiger charge is 2.32. The van der Waals surface area contributed by atoms with Gasteiger partial charge in [0.25, 0.3) is 0 Å². The number of hydrogen-bond acceptors (Lipinski definition) is 7. The summed E-state index contributed by atoms with van der Waals surface area (Å²) in [6, 6.07) is 7.94. The summed E-state index contributed by atoms with van der Waals surface area (Å²) >= 11 is 3.05. The highest BCUT2D eigenvalue weighted by molar-refractivity contribution is 8.01. The summed E-state index contributed by atoms with van der Waals surface area (Å²) in [5.74, 6) is 0.579. The average molecular weight is 477 g/mol. The van der Waals surface area contributed by atoms with Gasteiger partial charge >= 0.3 is 5.97 Å². The molecule has 0 aliphatic carbocycles. The number of nitrogens with zero attached hydrogens (tertiary/aromatic N) is 2. The molecule has 1 aromatic heterocycles. The number of thiazole rings is 1. The number of rotatable bonds is 12. The smallest absolute Gasteiger partial charge is 0.357 e. The molecule has 1 aliphatic heterocycles. The van der Waals surface area contributed by atoms with Crippen molar-refractivity contribution in [2.45, 2.75) is 75.3 Å². The van der Waals surface area contributed by atoms with Crippen molar-refractivity contribution in [3.63, 3.8) is 0 Å². The van der Waals surface area contributed by atoms with E-state index in [1.54, 1.807) is 24.1 Å². The Morgan fingerprint density at radius 1 is 1.31 bits per heavy atom. The van der Waals surface area contributed by atoms with E-state index in [0.717, 1.165) is 59.9 Å². The number of carbonyl (C=O) groups excluding carboxylic acids is 2. The first-order valence-electron chi connectivity index (χ1n) is 11.4. The maximum atomic E-state index is 12.6. The van der Waals surface area contributed by atoms with Crippen LogP contribution in [0.5, 0.6) is 0 Å². The van der Waals surface area contributed by atoms with Crippen LogP contribution in [0.2, 0.25) is 0 Å². The Labute approximate surface area is 198 Å². The Morgan fingerprint density at radius 3 is 2.81 bits per heavy atom. The number of aromatic nitrogens is 1. The molecule has 0 spiro atoms. The van der Waals surface area contributed by atoms with Gasteiger partial charge in [0, 0.05) is 29.3 Å². The number of esters is 1. The maximum Gasteiger partial charge on any atom is 0.357 e. The molecule has 2 heterocycles. The lowest BCUT2D eigenvalue weighted by molar-refractivity contribution is -0.117. The van der Waals surface area contributed by atoms with Crippen molar-refractivity contribution in [2.24, 2.45) is 0 Å². The largest absolute Gasteiger partial charge is 0.461 e. The van der Waals surface area contributed by atoms with Crippen LogP contribution >= 0.6 is 23.1 Å². The Balaban J connectivity index is 1.54. The van der Waals surface area contributed by atoms with Crippen LogP contribution in [0.3, 0.4) is 0 Å². The van der Waals surface area contributed by atoms with Crippen LogP contribution < -0.4 is 4.90 Å². The molecule has 6 nitrogen and oxygen atoms in total. The fraction of sp³-hybridized carbons (Fsp3) is 0.542. The molecule has 2 atom stereocenters. The predicted molar refractivity (Wildman–Crippen MR) is 129 cm³/mol. The molecule has 0 saturated carbocycles. The fourth-order valence-corrected chi connectivity index (χ4v) is 5.79. The summed E-state index contributed by atoms with van der Waals surface area (Å²) in [6.45, 7) is 4.27. The second kappa shape index (κ2) is 12.4. The molecule has 32 heavy (non-hydrogen) atoms. The molecule has 0 bridgehead atoms. The van der Waals surface area contributed by atoms with Gasteiger partial charge in [0.2, 0.25) is 5.91 Å². The molecule has 174 valence electrons. The molecule has 3 rings (SSSR count). The zero-order valence-electron chi connectivity index (χ0n) is 18.8. The highest BCUT2D eigenvalue weighted by Crippen LogP contribution is 2.32. The summed E-state index contributed by atoms with van der Waals surface area (Å²) < 4.78 is 5.82. The van der Waals surface area contributed by atoms with Crippen LogP contribution in [0.4, 0.5) is 5.69 Å². The Kier molecular flexibility index (Phi) is 9.56. The molecule has 1 unspecified atom stereocenters. The maximum absolute atomic E-state index is 12.6. The normalized spacial score (nSPS) is 17.0. The van der Waals surface area contributed by atoms with Gasteiger partial charge in [0.05, 0.1) is 12.7 Å². The number of ether oxygens (including phenoxy) is 1. The number of aliphatic hydroxyl groups is 1. The van der Waals surface area contributed by atoms with Gasteiger partial charge in [-0.05, 0) is 43.9 Å². The van der Waals surface area contributed by atoms with Crippen molar-refractivity contribution in [1.29, 1.82) is 0 Å². The van der Waals surface area contributed by atoms with E-state index in [1.807, 2.05) is 29.2 Å². The Hall–Kier alpha value is -1.90. The minimum Gasteiger partial charge on any atom is -0.461 e. The van der Waals surface area contributed by atoms with E-state index in [2.05, 4.69) is 11.9 Å². The van der Waals surface area contributed by atoms with Gasteiger partial charge in [-0.1, -0.05) is 50.1 Å². The molecule has 1 N–H and O–H groups in total. The van der Waals surface area contributed by atoms with Gasteiger partial charge in [0.1, 0.15) is 0 Å². The summed E-state index contributed by atoms with van der Waals surface area (Å²) in [7, 11) is 0. The molecule has 1 saturated heterocycles. The minimum atomic E-state index is -0.449. The lowest BCUT2D eigenvalue weighted by atomic mass is 10.0. The van der Waals surface area contributed by atoms with E-state index in [9.17, 15) is 14.7 Å². The van der Waals surface area contributed by atoms with Crippen molar-refractivity contribution in [2.75, 3.05) is 17.3 Å². The first-order valence-corrected chi connectivity index (χ1v) is 13.3. The monoisotopic (exact) mass is 476 g/mol. The zero-order chi connectivity index (χ0) is 22.9. The lowest BCUT2D eigenvalue weighted by Gasteiger charge is -2.25. The van der Waals surface area contributed by atoms with E-state index in [1.165, 1.54) is 11.3 Å². The van der Waals surface area contributed by atoms with E-state index in [0.29, 0.717) is 18.7 Å². The fourth-order valence-electron chi connectivity index (χ4n) is 3.89. The third-order valence-electron chi connectivity index (χ3n) is 5.61. The molecule has 8 heteroatoms. The van der Waals surface area contributed by atoms with Crippen LogP contribution in [0.15, 0.2) is 34.0 Å². The Morgan fingerprint density at radius 2 is 2.09 bits per heavy atom. The van der Waals surface area contributed by atoms with Gasteiger partial charge in [-0.25, -0.2) is 9.78 Å². The van der Waals surface area contributed by atoms with E-state index in [4.69, 9.17) is 4.74 Å². The second-order valence-electron chi connectivity index (χ2n) is 7.92. The van der Waals surface area contributed by atoms with Crippen LogP contribution in [0.25, 0.3) is 0 Å². The first kappa shape index (κ1) is 24.7. The number of aliphatic hydroxyl groups excluding tert-OH is 1. The minimum absolute atomic E-state index is 0.148. The summed E-state index contributed by atoms with van der Waals surface area (Å²) in [5.41, 5.74) is 2.16. The summed E-state index contributed by atoms with van der Waals surface area (Å²) in [4.78, 5) is 30.6. The molecule has 1 aliphatic rings. The number of hydrogen-bond donors (Lipinski definition) is 1. The molecule has 0 radical (unpaired) electrons. The van der Waals surface area contributed by atoms with Gasteiger partial charge < -0.3 is 14.7 Å². The van der Waals surface area contributed by atoms with Crippen molar-refractivity contribution in [1.82, 2.24) is 4.98 Å². The second-order valence-corrected chi connectivity index (χ2v) is 10.1. The van der Waals surface area contributed by atoms with Crippen LogP contribution in [0.1, 0.15) is 80.9 Å². The van der Waals surface area contributed by atoms with E-state index >= 15 is 0 Å². The van der Waals surface area contributed by atoms with Gasteiger partial charge in [-0.2, -0.15) is 0 Å². The number of amides is 1. The number of anilines is 1. The molecule has 1 fully saturated rings. The summed E-state index contributed by atoms with van der Waals surface area (Å²) in [5, 5.41) is 12.1. The lowest BCUT2D eigenvalue weighted by Crippen LogP contribution is -2.33. The van der Waals surface area contributed by atoms with Gasteiger partial charge in [-0.15, -0.1) is 11.3 Å². The predicted octanol–water partition coefficient (Wildman–Crippen LogP) is 5.61. The first-order chi connectivity index (χ1) is 15.5. The topological polar surface area (TPSA) is 79.7 Å². The number of benzene rings is 1. The Bertz CT molecular complexity index is 884. The zero-order valence-corrected chi connectivity index (χ0v) is 20.4.